The summed E-state index contributed by atoms with van der Waals surface area (Å²) in [5, 5.41) is 63.7. The summed E-state index contributed by atoms with van der Waals surface area (Å²) in [6.45, 7) is 31.0. The summed E-state index contributed by atoms with van der Waals surface area (Å²) >= 11 is 0. The SMILES string of the molecule is CC(CCOC(C)CC(O)CN1CC1C)OCC(COCCOCC(O)CN1CC1C)(COCCOCC(O)CN1CC1C)COCC(COCCOCC(O)CN1CC1C)(COCCOCC(O)CN1CC1C)COCCOCC(O)CN1CC1C. The van der Waals surface area contributed by atoms with E-state index < -0.39 is 47.5 Å². The highest BCUT2D eigenvalue weighted by atomic mass is 16.6. The Kier molecular flexibility index (Phi) is 34.8. The van der Waals surface area contributed by atoms with Gasteiger partial charge in [-0.1, -0.05) is 0 Å². The van der Waals surface area contributed by atoms with Gasteiger partial charge in [-0.3, -0.25) is 29.4 Å². The molecule has 0 aromatic rings. The van der Waals surface area contributed by atoms with Gasteiger partial charge in [-0.25, -0.2) is 0 Å². The molecule has 20 atom stereocenters. The van der Waals surface area contributed by atoms with Crippen molar-refractivity contribution in [2.45, 2.75) is 153 Å². The van der Waals surface area contributed by atoms with Crippen LogP contribution in [-0.2, 0) is 61.6 Å². The van der Waals surface area contributed by atoms with Crippen molar-refractivity contribution in [3.05, 3.63) is 0 Å². The highest BCUT2D eigenvalue weighted by molar-refractivity contribution is 4.91. The Morgan fingerprint density at radius 3 is 0.793 bits per heavy atom. The van der Waals surface area contributed by atoms with Gasteiger partial charge in [0, 0.05) is 128 Å². The lowest BCUT2D eigenvalue weighted by molar-refractivity contribution is -0.155. The topological polar surface area (TPSA) is 259 Å². The minimum atomic E-state index is -0.900. The first-order chi connectivity index (χ1) is 41.8. The van der Waals surface area contributed by atoms with Crippen LogP contribution in [0.5, 0.6) is 0 Å². The second-order valence-corrected chi connectivity index (χ2v) is 26.7. The first-order valence-electron chi connectivity index (χ1n) is 32.9. The molecule has 6 heterocycles. The number of nitrogens with zero attached hydrogens (tertiary/aromatic N) is 6. The van der Waals surface area contributed by atoms with Crippen molar-refractivity contribution < 1.29 is 92.2 Å². The number of aliphatic hydroxyl groups excluding tert-OH is 6. The van der Waals surface area contributed by atoms with Crippen molar-refractivity contribution in [1.29, 1.82) is 0 Å². The molecule has 0 aliphatic carbocycles. The van der Waals surface area contributed by atoms with E-state index in [1.54, 1.807) is 0 Å². The molecule has 6 aliphatic heterocycles. The molecule has 512 valence electrons. The summed E-state index contributed by atoms with van der Waals surface area (Å²) in [6, 6.07) is 2.89. The Morgan fingerprint density at radius 1 is 0.299 bits per heavy atom. The molecule has 25 heteroatoms. The van der Waals surface area contributed by atoms with E-state index in [2.05, 4.69) is 70.9 Å². The van der Waals surface area contributed by atoms with Crippen LogP contribution in [0.1, 0.15) is 68.2 Å². The van der Waals surface area contributed by atoms with Crippen molar-refractivity contribution in [2.24, 2.45) is 10.8 Å². The molecule has 6 rings (SSSR count). The van der Waals surface area contributed by atoms with Crippen molar-refractivity contribution in [3.8, 4) is 0 Å². The van der Waals surface area contributed by atoms with E-state index in [0.29, 0.717) is 95.0 Å². The van der Waals surface area contributed by atoms with Gasteiger partial charge >= 0.3 is 0 Å². The highest BCUT2D eigenvalue weighted by Crippen LogP contribution is 2.28. The molecule has 25 nitrogen and oxygen atoms in total. The molecule has 20 unspecified atom stereocenters. The number of aliphatic hydroxyl groups is 6. The molecule has 6 aliphatic rings. The lowest BCUT2D eigenvalue weighted by atomic mass is 9.90. The van der Waals surface area contributed by atoms with Crippen LogP contribution in [0.15, 0.2) is 0 Å². The first-order valence-corrected chi connectivity index (χ1v) is 32.9. The zero-order valence-corrected chi connectivity index (χ0v) is 54.6. The van der Waals surface area contributed by atoms with Gasteiger partial charge in [-0.05, 0) is 61.8 Å². The van der Waals surface area contributed by atoms with E-state index in [-0.39, 0.29) is 164 Å². The molecular formula is C62H120N6O19. The van der Waals surface area contributed by atoms with Gasteiger partial charge in [0.1, 0.15) is 0 Å². The molecule has 87 heavy (non-hydrogen) atoms. The third-order valence-corrected chi connectivity index (χ3v) is 17.1. The highest BCUT2D eigenvalue weighted by Gasteiger charge is 2.39. The number of ether oxygens (including phenoxy) is 13. The number of rotatable bonds is 60. The zero-order valence-electron chi connectivity index (χ0n) is 54.6. The number of β-amino-alcohol motifs (C(OH)–C–C–N with tert-alkyl or cyclic N) is 6. The Balaban J connectivity index is 1.13. The zero-order chi connectivity index (χ0) is 62.6. The van der Waals surface area contributed by atoms with E-state index in [0.717, 1.165) is 39.3 Å². The van der Waals surface area contributed by atoms with Gasteiger partial charge in [-0.15, -0.1) is 0 Å². The van der Waals surface area contributed by atoms with Crippen LogP contribution in [0.2, 0.25) is 0 Å². The maximum absolute atomic E-state index is 10.7. The summed E-state index contributed by atoms with van der Waals surface area (Å²) in [5.41, 5.74) is -1.79. The predicted molar refractivity (Wildman–Crippen MR) is 326 cm³/mol. The van der Waals surface area contributed by atoms with Gasteiger partial charge < -0.3 is 92.2 Å². The Labute approximate surface area is 521 Å². The molecule has 0 bridgehead atoms. The van der Waals surface area contributed by atoms with Crippen molar-refractivity contribution in [3.63, 3.8) is 0 Å². The minimum Gasteiger partial charge on any atom is -0.392 e. The molecule has 0 spiro atoms. The first kappa shape index (κ1) is 75.0. The summed E-state index contributed by atoms with van der Waals surface area (Å²) in [5.74, 6) is 0. The second kappa shape index (κ2) is 40.3. The molecule has 6 saturated heterocycles. The average molecular weight is 1250 g/mol. The lowest BCUT2D eigenvalue weighted by Crippen LogP contribution is -2.46. The van der Waals surface area contributed by atoms with E-state index >= 15 is 0 Å². The average Bonchev–Trinajstić information content (AvgIpc) is 3.67. The molecule has 6 fully saturated rings. The Hall–Kier alpha value is -1.00. The van der Waals surface area contributed by atoms with Crippen molar-refractivity contribution in [2.75, 3.05) is 237 Å². The van der Waals surface area contributed by atoms with Crippen LogP contribution in [-0.4, -0.2) is 382 Å². The fourth-order valence-corrected chi connectivity index (χ4v) is 10.6. The summed E-state index contributed by atoms with van der Waals surface area (Å²) < 4.78 is 81.4. The third kappa shape index (κ3) is 33.1. The third-order valence-electron chi connectivity index (χ3n) is 17.1. The van der Waals surface area contributed by atoms with Crippen LogP contribution in [0.25, 0.3) is 0 Å². The maximum atomic E-state index is 10.7. The predicted octanol–water partition coefficient (Wildman–Crippen LogP) is -0.878. The van der Waals surface area contributed by atoms with E-state index in [4.69, 9.17) is 61.6 Å². The molecule has 0 aromatic carbocycles. The molecule has 0 saturated carbocycles. The van der Waals surface area contributed by atoms with Crippen molar-refractivity contribution in [1.82, 2.24) is 29.4 Å². The Morgan fingerprint density at radius 2 is 0.529 bits per heavy atom. The van der Waals surface area contributed by atoms with E-state index in [9.17, 15) is 30.6 Å². The van der Waals surface area contributed by atoms with Gasteiger partial charge in [-0.2, -0.15) is 0 Å². The minimum absolute atomic E-state index is 0.0978. The van der Waals surface area contributed by atoms with Crippen LogP contribution in [0.3, 0.4) is 0 Å². The van der Waals surface area contributed by atoms with Gasteiger partial charge in [0.2, 0.25) is 0 Å². The maximum Gasteiger partial charge on any atom is 0.0900 e. The standard InChI is InChI=1S/C62H120N6O19/c1-47-22-63(47)28-55(69)21-54(8)86-10-9-53(7)87-46-62(42-83-19-14-78-37-59(73)32-67-26-51(67)5,43-84-20-15-79-38-60(74)33-68-27-52(68)6)45-85-44-61(39-80-16-11-75-34-56(70)29-64-23-48(64)2,40-81-17-12-76-35-57(71)30-65-24-49(65)3)41-82-18-13-77-36-58(72)31-66-25-50(66)4/h47-60,69-74H,9-46H2,1-8H3. The Bertz CT molecular complexity index is 1670. The molecular weight excluding hydrogens is 1130 g/mol. The smallest absolute Gasteiger partial charge is 0.0900 e. The fourth-order valence-electron chi connectivity index (χ4n) is 10.6. The second-order valence-electron chi connectivity index (χ2n) is 26.7. The molecule has 0 amide bonds. The van der Waals surface area contributed by atoms with Gasteiger partial charge in [0.25, 0.3) is 0 Å². The monoisotopic (exact) mass is 1250 g/mol. The summed E-state index contributed by atoms with van der Waals surface area (Å²) in [7, 11) is 0. The van der Waals surface area contributed by atoms with Crippen LogP contribution < -0.4 is 0 Å². The fraction of sp³-hybridized carbons (Fsp3) is 1.00. The van der Waals surface area contributed by atoms with Gasteiger partial charge in [0.15, 0.2) is 0 Å². The number of hydrogen-bond donors (Lipinski definition) is 6. The van der Waals surface area contributed by atoms with Crippen molar-refractivity contribution >= 4 is 0 Å². The lowest BCUT2D eigenvalue weighted by Gasteiger charge is -2.37. The van der Waals surface area contributed by atoms with Crippen LogP contribution in [0.4, 0.5) is 0 Å². The number of hydrogen-bond acceptors (Lipinski definition) is 25. The summed E-state index contributed by atoms with van der Waals surface area (Å²) in [6.07, 6.45) is -2.75. The van der Waals surface area contributed by atoms with Crippen LogP contribution >= 0.6 is 0 Å². The largest absolute Gasteiger partial charge is 0.392 e. The van der Waals surface area contributed by atoms with Gasteiger partial charge in [0.05, 0.1) is 212 Å². The van der Waals surface area contributed by atoms with E-state index in [1.807, 2.05) is 13.8 Å². The summed E-state index contributed by atoms with van der Waals surface area (Å²) in [4.78, 5) is 13.2. The molecule has 6 N–H and O–H groups in total. The normalized spacial score (nSPS) is 30.4. The van der Waals surface area contributed by atoms with E-state index in [1.165, 1.54) is 0 Å². The molecule has 0 radical (unpaired) electrons. The molecule has 0 aromatic heterocycles. The quantitative estimate of drug-likeness (QED) is 0.0319. The van der Waals surface area contributed by atoms with Crippen LogP contribution in [0, 0.1) is 10.8 Å².